The van der Waals surface area contributed by atoms with Gasteiger partial charge in [0.15, 0.2) is 0 Å². The van der Waals surface area contributed by atoms with Crippen molar-refractivity contribution in [3.05, 3.63) is 59.7 Å². The van der Waals surface area contributed by atoms with Crippen LogP contribution in [0.4, 0.5) is 5.69 Å². The first-order valence-electron chi connectivity index (χ1n) is 8.32. The van der Waals surface area contributed by atoms with Gasteiger partial charge in [0.05, 0.1) is 19.4 Å². The van der Waals surface area contributed by atoms with Gasteiger partial charge in [-0.2, -0.15) is 5.26 Å². The van der Waals surface area contributed by atoms with Crippen LogP contribution in [0, 0.1) is 17.2 Å². The topological polar surface area (TPSA) is 71.3 Å². The molecule has 0 radical (unpaired) electrons. The number of hydrogen-bond acceptors (Lipinski definition) is 4. The van der Waals surface area contributed by atoms with Crippen LogP contribution in [0.2, 0.25) is 0 Å². The van der Waals surface area contributed by atoms with Gasteiger partial charge < -0.3 is 14.8 Å². The quantitative estimate of drug-likeness (QED) is 0.598. The number of hydrogen-bond donors (Lipinski definition) is 1. The van der Waals surface area contributed by atoms with Crippen LogP contribution in [0.25, 0.3) is 6.08 Å². The molecule has 0 bridgehead atoms. The molecule has 0 aliphatic rings. The second-order valence-electron chi connectivity index (χ2n) is 6.10. The lowest BCUT2D eigenvalue weighted by molar-refractivity contribution is -0.112. The molecule has 0 spiro atoms. The lowest BCUT2D eigenvalue weighted by Gasteiger charge is -2.09. The Morgan fingerprint density at radius 3 is 2.50 bits per heavy atom. The highest BCUT2D eigenvalue weighted by atomic mass is 16.5. The number of methoxy groups -OCH3 is 1. The monoisotopic (exact) mass is 350 g/mol. The molecule has 134 valence electrons. The molecule has 0 aliphatic carbocycles. The third-order valence-electron chi connectivity index (χ3n) is 3.49. The van der Waals surface area contributed by atoms with Crippen LogP contribution >= 0.6 is 0 Å². The highest BCUT2D eigenvalue weighted by Crippen LogP contribution is 2.24. The molecule has 0 atom stereocenters. The average Bonchev–Trinajstić information content (AvgIpc) is 2.65. The minimum Gasteiger partial charge on any atom is -0.495 e. The first-order chi connectivity index (χ1) is 12.5. The van der Waals surface area contributed by atoms with E-state index in [0.29, 0.717) is 24.0 Å². The van der Waals surface area contributed by atoms with Crippen LogP contribution in [0.1, 0.15) is 19.4 Å². The second kappa shape index (κ2) is 9.28. The van der Waals surface area contributed by atoms with E-state index in [4.69, 9.17) is 9.47 Å². The number of nitrogens with one attached hydrogen (secondary N) is 1. The van der Waals surface area contributed by atoms with Gasteiger partial charge in [-0.05, 0) is 41.8 Å². The minimum absolute atomic E-state index is 0.00625. The van der Waals surface area contributed by atoms with Crippen molar-refractivity contribution in [2.75, 3.05) is 19.0 Å². The summed E-state index contributed by atoms with van der Waals surface area (Å²) >= 11 is 0. The predicted molar refractivity (Wildman–Crippen MR) is 102 cm³/mol. The molecular weight excluding hydrogens is 328 g/mol. The van der Waals surface area contributed by atoms with E-state index in [1.807, 2.05) is 30.3 Å². The summed E-state index contributed by atoms with van der Waals surface area (Å²) in [5.74, 6) is 1.24. The van der Waals surface area contributed by atoms with Gasteiger partial charge in [-0.1, -0.05) is 38.1 Å². The number of para-hydroxylation sites is 2. The number of nitriles is 1. The van der Waals surface area contributed by atoms with Gasteiger partial charge in [-0.25, -0.2) is 0 Å². The van der Waals surface area contributed by atoms with E-state index in [9.17, 15) is 10.1 Å². The predicted octanol–water partition coefficient (Wildman–Crippen LogP) is 4.28. The Kier molecular flexibility index (Phi) is 6.81. The first kappa shape index (κ1) is 19.1. The third-order valence-corrected chi connectivity index (χ3v) is 3.49. The van der Waals surface area contributed by atoms with Gasteiger partial charge in [0.2, 0.25) is 0 Å². The van der Waals surface area contributed by atoms with Gasteiger partial charge >= 0.3 is 0 Å². The Hall–Kier alpha value is -3.26. The molecule has 0 saturated carbocycles. The SMILES string of the molecule is COc1ccccc1NC(=O)/C(C#N)=C/c1ccc(OCC(C)C)cc1. The van der Waals surface area contributed by atoms with Crippen molar-refractivity contribution in [1.82, 2.24) is 0 Å². The summed E-state index contributed by atoms with van der Waals surface area (Å²) in [6.45, 7) is 4.80. The van der Waals surface area contributed by atoms with E-state index >= 15 is 0 Å². The molecule has 0 aromatic heterocycles. The van der Waals surface area contributed by atoms with Crippen LogP contribution < -0.4 is 14.8 Å². The normalized spacial score (nSPS) is 11.0. The van der Waals surface area contributed by atoms with E-state index in [-0.39, 0.29) is 5.57 Å². The number of carbonyl (C=O) groups excluding carboxylic acids is 1. The van der Waals surface area contributed by atoms with Gasteiger partial charge in [-0.15, -0.1) is 0 Å². The molecular formula is C21H22N2O3. The molecule has 0 unspecified atom stereocenters. The van der Waals surface area contributed by atoms with Crippen LogP contribution in [0.5, 0.6) is 11.5 Å². The van der Waals surface area contributed by atoms with Crippen LogP contribution in [-0.4, -0.2) is 19.6 Å². The Labute approximate surface area is 153 Å². The number of anilines is 1. The van der Waals surface area contributed by atoms with E-state index < -0.39 is 5.91 Å². The van der Waals surface area contributed by atoms with Crippen molar-refractivity contribution >= 4 is 17.7 Å². The Bertz CT molecular complexity index is 818. The fourth-order valence-electron chi connectivity index (χ4n) is 2.18. The summed E-state index contributed by atoms with van der Waals surface area (Å²) in [6.07, 6.45) is 1.54. The zero-order chi connectivity index (χ0) is 18.9. The first-order valence-corrected chi connectivity index (χ1v) is 8.32. The Morgan fingerprint density at radius 1 is 1.19 bits per heavy atom. The zero-order valence-electron chi connectivity index (χ0n) is 15.2. The maximum atomic E-state index is 12.4. The fourth-order valence-corrected chi connectivity index (χ4v) is 2.18. The molecule has 0 aliphatic heterocycles. The number of nitrogens with zero attached hydrogens (tertiary/aromatic N) is 1. The number of ether oxygens (including phenoxy) is 2. The molecule has 1 N–H and O–H groups in total. The van der Waals surface area contributed by atoms with Gasteiger partial charge in [0.1, 0.15) is 23.1 Å². The maximum absolute atomic E-state index is 12.4. The number of rotatable bonds is 7. The summed E-state index contributed by atoms with van der Waals surface area (Å²) < 4.78 is 10.8. The highest BCUT2D eigenvalue weighted by molar-refractivity contribution is 6.10. The van der Waals surface area contributed by atoms with Gasteiger partial charge in [-0.3, -0.25) is 4.79 Å². The minimum atomic E-state index is -0.489. The molecule has 0 heterocycles. The molecule has 0 fully saturated rings. The molecule has 2 aromatic rings. The summed E-state index contributed by atoms with van der Waals surface area (Å²) in [4.78, 5) is 12.4. The second-order valence-corrected chi connectivity index (χ2v) is 6.10. The zero-order valence-corrected chi connectivity index (χ0v) is 15.2. The lowest BCUT2D eigenvalue weighted by atomic mass is 10.1. The van der Waals surface area contributed by atoms with Crippen molar-refractivity contribution in [2.24, 2.45) is 5.92 Å². The lowest BCUT2D eigenvalue weighted by Crippen LogP contribution is -2.14. The van der Waals surface area contributed by atoms with Crippen LogP contribution in [0.15, 0.2) is 54.1 Å². The molecule has 5 nitrogen and oxygen atoms in total. The Balaban J connectivity index is 2.11. The van der Waals surface area contributed by atoms with E-state index in [1.54, 1.807) is 24.3 Å². The summed E-state index contributed by atoms with van der Waals surface area (Å²) in [5.41, 5.74) is 1.26. The summed E-state index contributed by atoms with van der Waals surface area (Å²) in [5, 5.41) is 12.0. The van der Waals surface area contributed by atoms with Crippen molar-refractivity contribution in [3.63, 3.8) is 0 Å². The number of benzene rings is 2. The van der Waals surface area contributed by atoms with Gasteiger partial charge in [0, 0.05) is 0 Å². The number of carbonyl (C=O) groups is 1. The average molecular weight is 350 g/mol. The molecule has 2 rings (SSSR count). The molecule has 1 amide bonds. The van der Waals surface area contributed by atoms with Crippen molar-refractivity contribution in [3.8, 4) is 17.6 Å². The van der Waals surface area contributed by atoms with Crippen molar-refractivity contribution in [2.45, 2.75) is 13.8 Å². The standard InChI is InChI=1S/C21H22N2O3/c1-15(2)14-26-18-10-8-16(9-11-18)12-17(13-22)21(24)23-19-6-4-5-7-20(19)25-3/h4-12,15H,14H2,1-3H3,(H,23,24)/b17-12+. The largest absolute Gasteiger partial charge is 0.495 e. The van der Waals surface area contributed by atoms with Crippen molar-refractivity contribution in [1.29, 1.82) is 5.26 Å². The summed E-state index contributed by atoms with van der Waals surface area (Å²) in [6, 6.07) is 16.2. The number of amides is 1. The smallest absolute Gasteiger partial charge is 0.266 e. The van der Waals surface area contributed by atoms with Gasteiger partial charge in [0.25, 0.3) is 5.91 Å². The summed E-state index contributed by atoms with van der Waals surface area (Å²) in [7, 11) is 1.52. The maximum Gasteiger partial charge on any atom is 0.266 e. The molecule has 5 heteroatoms. The third kappa shape index (κ3) is 5.38. The van der Waals surface area contributed by atoms with Crippen LogP contribution in [0.3, 0.4) is 0 Å². The molecule has 2 aromatic carbocycles. The Morgan fingerprint density at radius 2 is 1.88 bits per heavy atom. The van der Waals surface area contributed by atoms with E-state index in [2.05, 4.69) is 19.2 Å². The fraction of sp³-hybridized carbons (Fsp3) is 0.238. The highest BCUT2D eigenvalue weighted by Gasteiger charge is 2.12. The molecule has 0 saturated heterocycles. The van der Waals surface area contributed by atoms with E-state index in [1.165, 1.54) is 13.2 Å². The van der Waals surface area contributed by atoms with Crippen LogP contribution in [-0.2, 0) is 4.79 Å². The van der Waals surface area contributed by atoms with E-state index in [0.717, 1.165) is 11.3 Å². The molecule has 26 heavy (non-hydrogen) atoms. The van der Waals surface area contributed by atoms with Crippen molar-refractivity contribution < 1.29 is 14.3 Å².